The largest absolute Gasteiger partial charge is 0.502 e. The van der Waals surface area contributed by atoms with Crippen LogP contribution in [0.4, 0.5) is 8.78 Å². The molecule has 1 saturated heterocycles. The quantitative estimate of drug-likeness (QED) is 0.416. The Bertz CT molecular complexity index is 1700. The molecule has 7 rings (SSSR count). The lowest BCUT2D eigenvalue weighted by Gasteiger charge is -2.51. The number of ether oxygens (including phenoxy) is 1. The molecule has 2 aliphatic heterocycles. The number of amides is 1. The fraction of sp³-hybridized carbons (Fsp3) is 0.172. The average Bonchev–Trinajstić information content (AvgIpc) is 3.06. The Morgan fingerprint density at radius 2 is 1.61 bits per heavy atom. The second-order valence-electron chi connectivity index (χ2n) is 9.52. The maximum atomic E-state index is 15.7. The lowest BCUT2D eigenvalue weighted by Crippen LogP contribution is -2.66. The third kappa shape index (κ3) is 3.02. The molecule has 4 aromatic rings. The molecule has 1 N–H and O–H groups in total. The van der Waals surface area contributed by atoms with E-state index in [2.05, 4.69) is 0 Å². The number of nitrogens with zero attached hydrogens (tertiary/aromatic N) is 3. The topological polar surface area (TPSA) is 75.0 Å². The van der Waals surface area contributed by atoms with Gasteiger partial charge in [-0.3, -0.25) is 19.3 Å². The molecule has 0 spiro atoms. The Hall–Kier alpha value is -4.50. The van der Waals surface area contributed by atoms with E-state index in [1.54, 1.807) is 23.1 Å². The summed E-state index contributed by atoms with van der Waals surface area (Å²) in [5, 5.41) is 12.6. The van der Waals surface area contributed by atoms with Crippen molar-refractivity contribution in [2.45, 2.75) is 12.2 Å². The number of halogens is 2. The van der Waals surface area contributed by atoms with Crippen LogP contribution in [0.25, 0.3) is 22.3 Å². The third-order valence-electron chi connectivity index (χ3n) is 7.60. The minimum atomic E-state index is -0.972. The maximum Gasteiger partial charge on any atom is 0.278 e. The summed E-state index contributed by atoms with van der Waals surface area (Å²) in [6.07, 6.45) is 0.785. The number of aromatic nitrogens is 1. The summed E-state index contributed by atoms with van der Waals surface area (Å²) in [5.41, 5.74) is 2.62. The fourth-order valence-corrected chi connectivity index (χ4v) is 5.97. The first-order valence-electron chi connectivity index (χ1n) is 12.3. The van der Waals surface area contributed by atoms with Gasteiger partial charge in [0.05, 0.1) is 19.3 Å². The number of fused-ring (bicyclic) bond motifs is 7. The molecular weight excluding hydrogens is 492 g/mol. The minimum Gasteiger partial charge on any atom is -0.502 e. The van der Waals surface area contributed by atoms with Gasteiger partial charge in [0.2, 0.25) is 5.43 Å². The van der Waals surface area contributed by atoms with Gasteiger partial charge in [0.15, 0.2) is 23.1 Å². The molecule has 0 bridgehead atoms. The van der Waals surface area contributed by atoms with Crippen molar-refractivity contribution in [2.75, 3.05) is 24.8 Å². The Balaban J connectivity index is 1.60. The van der Waals surface area contributed by atoms with E-state index in [9.17, 15) is 19.1 Å². The Labute approximate surface area is 215 Å². The number of carbonyl (C=O) groups excluding carboxylic acids is 1. The number of pyridine rings is 1. The van der Waals surface area contributed by atoms with Crippen molar-refractivity contribution in [1.29, 1.82) is 0 Å². The van der Waals surface area contributed by atoms with Crippen molar-refractivity contribution in [3.05, 3.63) is 112 Å². The van der Waals surface area contributed by atoms with E-state index in [1.165, 1.54) is 16.9 Å². The molecule has 1 fully saturated rings. The highest BCUT2D eigenvalue weighted by atomic mass is 19.2. The summed E-state index contributed by atoms with van der Waals surface area (Å²) < 4.78 is 37.7. The van der Waals surface area contributed by atoms with Crippen molar-refractivity contribution < 1.29 is 23.4 Å². The predicted octanol–water partition coefficient (Wildman–Crippen LogP) is 4.02. The van der Waals surface area contributed by atoms with Gasteiger partial charge >= 0.3 is 0 Å². The minimum absolute atomic E-state index is 0.119. The highest BCUT2D eigenvalue weighted by Crippen LogP contribution is 2.49. The zero-order valence-corrected chi connectivity index (χ0v) is 20.0. The molecule has 0 radical (unpaired) electrons. The first-order valence-corrected chi connectivity index (χ1v) is 12.3. The number of morpholine rings is 1. The lowest BCUT2D eigenvalue weighted by molar-refractivity contribution is -0.0196. The molecule has 2 unspecified atom stereocenters. The van der Waals surface area contributed by atoms with Crippen LogP contribution < -0.4 is 10.4 Å². The molecule has 2 atom stereocenters. The van der Waals surface area contributed by atoms with Crippen LogP contribution in [-0.4, -0.2) is 46.5 Å². The Morgan fingerprint density at radius 1 is 0.868 bits per heavy atom. The molecule has 1 amide bonds. The molecular formula is C29H21F2N3O4. The molecule has 9 heteroatoms. The summed E-state index contributed by atoms with van der Waals surface area (Å²) in [4.78, 5) is 27.5. The van der Waals surface area contributed by atoms with Crippen LogP contribution >= 0.6 is 0 Å². The number of carbonyl (C=O) groups is 1. The number of aromatic hydroxyl groups is 1. The van der Waals surface area contributed by atoms with Crippen molar-refractivity contribution >= 4 is 5.91 Å². The third-order valence-corrected chi connectivity index (χ3v) is 7.60. The molecule has 3 heterocycles. The molecule has 7 nitrogen and oxygen atoms in total. The summed E-state index contributed by atoms with van der Waals surface area (Å²) in [7, 11) is 0. The van der Waals surface area contributed by atoms with Crippen LogP contribution in [0, 0.1) is 11.6 Å². The second kappa shape index (κ2) is 8.26. The van der Waals surface area contributed by atoms with Crippen LogP contribution in [0.15, 0.2) is 77.7 Å². The molecule has 1 aromatic heterocycles. The van der Waals surface area contributed by atoms with Gasteiger partial charge in [0.25, 0.3) is 5.91 Å². The van der Waals surface area contributed by atoms with Gasteiger partial charge in [-0.2, -0.15) is 0 Å². The Morgan fingerprint density at radius 3 is 2.42 bits per heavy atom. The predicted molar refractivity (Wildman–Crippen MR) is 135 cm³/mol. The van der Waals surface area contributed by atoms with Crippen molar-refractivity contribution in [3.63, 3.8) is 0 Å². The number of rotatable bonds is 1. The van der Waals surface area contributed by atoms with Crippen molar-refractivity contribution in [2.24, 2.45) is 0 Å². The first kappa shape index (κ1) is 22.7. The van der Waals surface area contributed by atoms with E-state index in [4.69, 9.17) is 4.74 Å². The van der Waals surface area contributed by atoms with Crippen LogP contribution in [0.5, 0.6) is 5.75 Å². The van der Waals surface area contributed by atoms with Gasteiger partial charge in [0.1, 0.15) is 6.17 Å². The second-order valence-corrected chi connectivity index (χ2v) is 9.52. The summed E-state index contributed by atoms with van der Waals surface area (Å²) >= 11 is 0. The number of hydrogen-bond donors (Lipinski definition) is 1. The Kier molecular flexibility index (Phi) is 4.93. The summed E-state index contributed by atoms with van der Waals surface area (Å²) in [5.74, 6) is -3.11. The van der Waals surface area contributed by atoms with Crippen LogP contribution in [-0.2, 0) is 4.74 Å². The zero-order valence-electron chi connectivity index (χ0n) is 20.0. The number of benzene rings is 3. The van der Waals surface area contributed by atoms with Crippen molar-refractivity contribution in [1.82, 2.24) is 9.58 Å². The zero-order chi connectivity index (χ0) is 26.1. The van der Waals surface area contributed by atoms with Crippen LogP contribution in [0.1, 0.15) is 27.7 Å². The SMILES string of the molecule is O=C1c2c(O)c(=O)ccn2N(C2c3ccccc3-c3ccccc3-c3c2ccc(F)c3F)C2COCCN12. The van der Waals surface area contributed by atoms with Crippen LogP contribution in [0.3, 0.4) is 0 Å². The first-order chi connectivity index (χ1) is 18.5. The fourth-order valence-electron chi connectivity index (χ4n) is 5.97. The average molecular weight is 514 g/mol. The van der Waals surface area contributed by atoms with Crippen molar-refractivity contribution in [3.8, 4) is 28.0 Å². The van der Waals surface area contributed by atoms with E-state index in [0.717, 1.165) is 22.8 Å². The lowest BCUT2D eigenvalue weighted by atomic mass is 9.92. The van der Waals surface area contributed by atoms with Gasteiger partial charge in [-0.05, 0) is 33.9 Å². The van der Waals surface area contributed by atoms with E-state index in [1.807, 2.05) is 41.4 Å². The van der Waals surface area contributed by atoms with Gasteiger partial charge in [0, 0.05) is 24.4 Å². The molecule has 190 valence electrons. The molecule has 3 aliphatic rings. The van der Waals surface area contributed by atoms with E-state index >= 15 is 4.39 Å². The molecule has 0 saturated carbocycles. The smallest absolute Gasteiger partial charge is 0.278 e. The number of hydrogen-bond acceptors (Lipinski definition) is 5. The highest BCUT2D eigenvalue weighted by molar-refractivity contribution is 5.97. The van der Waals surface area contributed by atoms with Gasteiger partial charge < -0.3 is 14.7 Å². The molecule has 38 heavy (non-hydrogen) atoms. The van der Waals surface area contributed by atoms with E-state index in [0.29, 0.717) is 11.1 Å². The highest BCUT2D eigenvalue weighted by Gasteiger charge is 2.46. The monoisotopic (exact) mass is 513 g/mol. The maximum absolute atomic E-state index is 15.7. The summed E-state index contributed by atoms with van der Waals surface area (Å²) in [6, 6.07) is 18.0. The normalized spacial score (nSPS) is 19.6. The summed E-state index contributed by atoms with van der Waals surface area (Å²) in [6.45, 7) is 0.668. The molecule has 3 aromatic carbocycles. The standard InChI is InChI=1S/C29H21F2N3O4/c30-21-10-9-20-24(25(21)31)18-7-3-1-5-16(18)17-6-2-4-8-19(17)26(20)34-23-15-38-14-13-32(23)29(37)27-28(36)22(35)11-12-33(27)34/h1-12,23,26,36H,13-15H2. The van der Waals surface area contributed by atoms with E-state index < -0.39 is 40.9 Å². The van der Waals surface area contributed by atoms with Crippen LogP contribution in [0.2, 0.25) is 0 Å². The van der Waals surface area contributed by atoms with Gasteiger partial charge in [-0.25, -0.2) is 8.78 Å². The van der Waals surface area contributed by atoms with Gasteiger partial charge in [-0.1, -0.05) is 54.6 Å². The molecule has 1 aliphatic carbocycles. The van der Waals surface area contributed by atoms with Gasteiger partial charge in [-0.15, -0.1) is 0 Å². The van der Waals surface area contributed by atoms with E-state index in [-0.39, 0.29) is 31.0 Å².